The zero-order valence-corrected chi connectivity index (χ0v) is 7.41. The normalized spacial score (nSPS) is 22.9. The maximum Gasteiger partial charge on any atom is 0.166 e. The Labute approximate surface area is 72.7 Å². The van der Waals surface area contributed by atoms with Gasteiger partial charge in [0.1, 0.15) is 0 Å². The molecular formula is C8H14N2S. The standard InChI is InChI=1S/C8H14N2S/c11-8(10-7-3-4-7)9-5-6-1-2-6/h6-7H,1-5H2,(H2,9,10,11). The highest BCUT2D eigenvalue weighted by Crippen LogP contribution is 2.27. The van der Waals surface area contributed by atoms with Gasteiger partial charge >= 0.3 is 0 Å². The van der Waals surface area contributed by atoms with Gasteiger partial charge < -0.3 is 10.6 Å². The molecule has 2 fully saturated rings. The summed E-state index contributed by atoms with van der Waals surface area (Å²) in [4.78, 5) is 0. The molecule has 11 heavy (non-hydrogen) atoms. The molecule has 62 valence electrons. The third-order valence-electron chi connectivity index (χ3n) is 2.16. The summed E-state index contributed by atoms with van der Waals surface area (Å²) < 4.78 is 0. The molecule has 0 radical (unpaired) electrons. The molecule has 2 N–H and O–H groups in total. The van der Waals surface area contributed by atoms with Crippen molar-refractivity contribution in [2.45, 2.75) is 31.7 Å². The van der Waals surface area contributed by atoms with Crippen molar-refractivity contribution in [1.29, 1.82) is 0 Å². The maximum atomic E-state index is 5.09. The number of thiocarbonyl (C=S) groups is 1. The van der Waals surface area contributed by atoms with Crippen LogP contribution in [-0.4, -0.2) is 17.7 Å². The molecule has 2 aliphatic carbocycles. The number of hydrogen-bond acceptors (Lipinski definition) is 1. The molecule has 2 aliphatic rings. The van der Waals surface area contributed by atoms with Crippen LogP contribution in [0.4, 0.5) is 0 Å². The molecule has 0 heterocycles. The molecule has 0 aromatic heterocycles. The van der Waals surface area contributed by atoms with Gasteiger partial charge in [-0.3, -0.25) is 0 Å². The average Bonchev–Trinajstić information content (AvgIpc) is 2.80. The topological polar surface area (TPSA) is 24.1 Å². The zero-order valence-electron chi connectivity index (χ0n) is 6.60. The van der Waals surface area contributed by atoms with Crippen molar-refractivity contribution in [2.24, 2.45) is 5.92 Å². The molecule has 2 rings (SSSR count). The van der Waals surface area contributed by atoms with Gasteiger partial charge in [-0.2, -0.15) is 0 Å². The molecule has 0 spiro atoms. The lowest BCUT2D eigenvalue weighted by Gasteiger charge is -2.07. The van der Waals surface area contributed by atoms with Gasteiger partial charge in [0.2, 0.25) is 0 Å². The second-order valence-electron chi connectivity index (χ2n) is 3.57. The maximum absolute atomic E-state index is 5.09. The van der Waals surface area contributed by atoms with Gasteiger partial charge in [-0.25, -0.2) is 0 Å². The molecule has 0 unspecified atom stereocenters. The van der Waals surface area contributed by atoms with Gasteiger partial charge in [-0.05, 0) is 43.8 Å². The first kappa shape index (κ1) is 7.35. The number of rotatable bonds is 3. The van der Waals surface area contributed by atoms with E-state index in [1.165, 1.54) is 25.7 Å². The fraction of sp³-hybridized carbons (Fsp3) is 0.875. The van der Waals surface area contributed by atoms with E-state index < -0.39 is 0 Å². The lowest BCUT2D eigenvalue weighted by atomic mass is 10.4. The van der Waals surface area contributed by atoms with Gasteiger partial charge in [0.05, 0.1) is 0 Å². The molecule has 0 atom stereocenters. The summed E-state index contributed by atoms with van der Waals surface area (Å²) >= 11 is 5.09. The molecule has 0 aromatic rings. The molecule has 0 bridgehead atoms. The smallest absolute Gasteiger partial charge is 0.166 e. The van der Waals surface area contributed by atoms with Crippen LogP contribution in [0.5, 0.6) is 0 Å². The molecule has 0 aromatic carbocycles. The fourth-order valence-corrected chi connectivity index (χ4v) is 1.27. The Balaban J connectivity index is 1.56. The summed E-state index contributed by atoms with van der Waals surface area (Å²) in [5.74, 6) is 0.911. The van der Waals surface area contributed by atoms with Crippen LogP contribution in [0.2, 0.25) is 0 Å². The van der Waals surface area contributed by atoms with Crippen molar-refractivity contribution in [3.63, 3.8) is 0 Å². The second kappa shape index (κ2) is 2.97. The molecule has 3 heteroatoms. The Morgan fingerprint density at radius 2 is 2.00 bits per heavy atom. The summed E-state index contributed by atoms with van der Waals surface area (Å²) in [6.07, 6.45) is 5.37. The lowest BCUT2D eigenvalue weighted by Crippen LogP contribution is -2.37. The minimum Gasteiger partial charge on any atom is -0.362 e. The average molecular weight is 170 g/mol. The summed E-state index contributed by atoms with van der Waals surface area (Å²) in [5.41, 5.74) is 0. The predicted molar refractivity (Wildman–Crippen MR) is 49.5 cm³/mol. The number of hydrogen-bond donors (Lipinski definition) is 2. The largest absolute Gasteiger partial charge is 0.362 e. The van der Waals surface area contributed by atoms with Crippen molar-refractivity contribution in [3.8, 4) is 0 Å². The van der Waals surface area contributed by atoms with Gasteiger partial charge in [-0.15, -0.1) is 0 Å². The highest BCUT2D eigenvalue weighted by Gasteiger charge is 2.24. The minimum atomic E-state index is 0.689. The SMILES string of the molecule is S=C(NCC1CC1)NC1CC1. The van der Waals surface area contributed by atoms with E-state index in [0.717, 1.165) is 17.6 Å². The van der Waals surface area contributed by atoms with E-state index in [1.807, 2.05) is 0 Å². The summed E-state index contributed by atoms with van der Waals surface area (Å²) in [6, 6.07) is 0.689. The Morgan fingerprint density at radius 3 is 2.55 bits per heavy atom. The lowest BCUT2D eigenvalue weighted by molar-refractivity contribution is 0.749. The molecule has 0 amide bonds. The van der Waals surface area contributed by atoms with Crippen LogP contribution in [0.1, 0.15) is 25.7 Å². The van der Waals surface area contributed by atoms with Gasteiger partial charge in [0.15, 0.2) is 5.11 Å². The van der Waals surface area contributed by atoms with Crippen molar-refractivity contribution in [3.05, 3.63) is 0 Å². The summed E-state index contributed by atoms with van der Waals surface area (Å²) in [5, 5.41) is 7.35. The van der Waals surface area contributed by atoms with E-state index in [1.54, 1.807) is 0 Å². The van der Waals surface area contributed by atoms with E-state index in [0.29, 0.717) is 6.04 Å². The number of nitrogens with one attached hydrogen (secondary N) is 2. The highest BCUT2D eigenvalue weighted by molar-refractivity contribution is 7.80. The van der Waals surface area contributed by atoms with Crippen LogP contribution >= 0.6 is 12.2 Å². The van der Waals surface area contributed by atoms with E-state index >= 15 is 0 Å². The van der Waals surface area contributed by atoms with E-state index in [2.05, 4.69) is 10.6 Å². The molecule has 0 aliphatic heterocycles. The summed E-state index contributed by atoms with van der Waals surface area (Å²) in [6.45, 7) is 1.08. The van der Waals surface area contributed by atoms with E-state index in [4.69, 9.17) is 12.2 Å². The molecule has 0 saturated heterocycles. The van der Waals surface area contributed by atoms with Crippen molar-refractivity contribution >= 4 is 17.3 Å². The van der Waals surface area contributed by atoms with Crippen molar-refractivity contribution in [1.82, 2.24) is 10.6 Å². The van der Waals surface area contributed by atoms with Gasteiger partial charge in [0, 0.05) is 12.6 Å². The molecule has 2 nitrogen and oxygen atoms in total. The van der Waals surface area contributed by atoms with E-state index in [-0.39, 0.29) is 0 Å². The van der Waals surface area contributed by atoms with Crippen LogP contribution in [0.3, 0.4) is 0 Å². The first-order chi connectivity index (χ1) is 5.34. The monoisotopic (exact) mass is 170 g/mol. The van der Waals surface area contributed by atoms with Gasteiger partial charge in [-0.1, -0.05) is 0 Å². The van der Waals surface area contributed by atoms with Crippen LogP contribution in [-0.2, 0) is 0 Å². The first-order valence-electron chi connectivity index (χ1n) is 4.39. The first-order valence-corrected chi connectivity index (χ1v) is 4.80. The van der Waals surface area contributed by atoms with Crippen LogP contribution < -0.4 is 10.6 Å². The highest BCUT2D eigenvalue weighted by atomic mass is 32.1. The second-order valence-corrected chi connectivity index (χ2v) is 3.98. The summed E-state index contributed by atoms with van der Waals surface area (Å²) in [7, 11) is 0. The van der Waals surface area contributed by atoms with Crippen molar-refractivity contribution in [2.75, 3.05) is 6.54 Å². The molecular weight excluding hydrogens is 156 g/mol. The fourth-order valence-electron chi connectivity index (χ4n) is 1.02. The van der Waals surface area contributed by atoms with Crippen LogP contribution in [0, 0.1) is 5.92 Å². The Morgan fingerprint density at radius 1 is 1.27 bits per heavy atom. The van der Waals surface area contributed by atoms with Crippen LogP contribution in [0.15, 0.2) is 0 Å². The quantitative estimate of drug-likeness (QED) is 0.618. The Bertz CT molecular complexity index is 161. The zero-order chi connectivity index (χ0) is 7.68. The minimum absolute atomic E-state index is 0.689. The third kappa shape index (κ3) is 2.66. The van der Waals surface area contributed by atoms with Gasteiger partial charge in [0.25, 0.3) is 0 Å². The van der Waals surface area contributed by atoms with Crippen molar-refractivity contribution < 1.29 is 0 Å². The third-order valence-corrected chi connectivity index (χ3v) is 2.42. The van der Waals surface area contributed by atoms with E-state index in [9.17, 15) is 0 Å². The Kier molecular flexibility index (Phi) is 1.98. The Hall–Kier alpha value is -0.310. The van der Waals surface area contributed by atoms with Crippen LogP contribution in [0.25, 0.3) is 0 Å². The predicted octanol–water partition coefficient (Wildman–Crippen LogP) is 1.02. The molecule has 2 saturated carbocycles.